The third-order valence-electron chi connectivity index (χ3n) is 8.00. The number of nitrogens with zero attached hydrogens (tertiary/aromatic N) is 2. The van der Waals surface area contributed by atoms with Crippen molar-refractivity contribution in [1.29, 1.82) is 0 Å². The van der Waals surface area contributed by atoms with Crippen molar-refractivity contribution in [2.24, 2.45) is 5.92 Å². The maximum Gasteiger partial charge on any atom is 0.214 e. The predicted molar refractivity (Wildman–Crippen MR) is 139 cm³/mol. The van der Waals surface area contributed by atoms with Crippen LogP contribution in [0.5, 0.6) is 0 Å². The van der Waals surface area contributed by atoms with Crippen LogP contribution in [-0.4, -0.2) is 63.4 Å². The van der Waals surface area contributed by atoms with Crippen LogP contribution in [0.25, 0.3) is 0 Å². The second-order valence-electron chi connectivity index (χ2n) is 10.7. The lowest BCUT2D eigenvalue weighted by molar-refractivity contribution is 0.141. The standard InChI is InChI=1S/C26H44N4O2S/c1-21(2)33(31,32)28-24-8-6-22(7-9-24)20-27-23-10-12-25(13-11-23)30-18-14-26(15-19-30)29-16-4-3-5-17-29/h10-13,21-22,24,26-28H,3-9,14-20H2,1-2H3. The molecule has 0 radical (unpaired) electrons. The smallest absolute Gasteiger partial charge is 0.214 e. The van der Waals surface area contributed by atoms with Gasteiger partial charge in [-0.25, -0.2) is 13.1 Å². The van der Waals surface area contributed by atoms with E-state index in [0.717, 1.165) is 51.4 Å². The van der Waals surface area contributed by atoms with Crippen LogP contribution in [-0.2, 0) is 10.0 Å². The Kier molecular flexibility index (Phi) is 8.58. The fourth-order valence-electron chi connectivity index (χ4n) is 5.68. The topological polar surface area (TPSA) is 64.7 Å². The molecule has 1 saturated carbocycles. The molecule has 0 atom stereocenters. The van der Waals surface area contributed by atoms with Crippen molar-refractivity contribution in [3.8, 4) is 0 Å². The van der Waals surface area contributed by atoms with Gasteiger partial charge in [-0.2, -0.15) is 0 Å². The third kappa shape index (κ3) is 6.86. The monoisotopic (exact) mass is 476 g/mol. The van der Waals surface area contributed by atoms with E-state index in [-0.39, 0.29) is 11.3 Å². The number of piperidine rings is 2. The van der Waals surface area contributed by atoms with Crippen LogP contribution in [0.2, 0.25) is 0 Å². The quantitative estimate of drug-likeness (QED) is 0.581. The molecule has 1 aliphatic carbocycles. The lowest BCUT2D eigenvalue weighted by atomic mass is 9.86. The molecule has 7 heteroatoms. The Morgan fingerprint density at radius 1 is 0.879 bits per heavy atom. The Balaban J connectivity index is 1.17. The van der Waals surface area contributed by atoms with Gasteiger partial charge in [0.15, 0.2) is 0 Å². The number of anilines is 2. The molecule has 1 aromatic rings. The van der Waals surface area contributed by atoms with E-state index in [1.54, 1.807) is 13.8 Å². The third-order valence-corrected chi connectivity index (χ3v) is 9.90. The van der Waals surface area contributed by atoms with Gasteiger partial charge < -0.3 is 15.1 Å². The van der Waals surface area contributed by atoms with E-state index >= 15 is 0 Å². The first kappa shape index (κ1) is 24.8. The Hall–Kier alpha value is -1.31. The highest BCUT2D eigenvalue weighted by Crippen LogP contribution is 2.28. The van der Waals surface area contributed by atoms with Crippen molar-refractivity contribution in [3.63, 3.8) is 0 Å². The van der Waals surface area contributed by atoms with Gasteiger partial charge >= 0.3 is 0 Å². The summed E-state index contributed by atoms with van der Waals surface area (Å²) in [4.78, 5) is 5.28. The molecule has 0 spiro atoms. The van der Waals surface area contributed by atoms with E-state index in [9.17, 15) is 8.42 Å². The molecule has 6 nitrogen and oxygen atoms in total. The molecule has 2 N–H and O–H groups in total. The van der Waals surface area contributed by atoms with Gasteiger partial charge in [0.1, 0.15) is 0 Å². The van der Waals surface area contributed by atoms with Crippen LogP contribution in [0.1, 0.15) is 71.6 Å². The van der Waals surface area contributed by atoms with Gasteiger partial charge in [-0.3, -0.25) is 0 Å². The first-order valence-corrected chi connectivity index (χ1v) is 14.8. The zero-order chi connectivity index (χ0) is 23.3. The molecule has 0 amide bonds. The molecule has 4 rings (SSSR count). The highest BCUT2D eigenvalue weighted by molar-refractivity contribution is 7.90. The summed E-state index contributed by atoms with van der Waals surface area (Å²) >= 11 is 0. The highest BCUT2D eigenvalue weighted by atomic mass is 32.2. The molecule has 0 unspecified atom stereocenters. The molecule has 33 heavy (non-hydrogen) atoms. The zero-order valence-electron chi connectivity index (χ0n) is 20.6. The number of hydrogen-bond acceptors (Lipinski definition) is 5. The highest BCUT2D eigenvalue weighted by Gasteiger charge is 2.27. The Labute approximate surface area is 201 Å². The molecule has 3 fully saturated rings. The lowest BCUT2D eigenvalue weighted by Crippen LogP contribution is -2.46. The SMILES string of the molecule is CC(C)S(=O)(=O)NC1CCC(CNc2ccc(N3CCC(N4CCCCC4)CC3)cc2)CC1. The summed E-state index contributed by atoms with van der Waals surface area (Å²) in [5.41, 5.74) is 2.53. The molecule has 3 aliphatic rings. The van der Waals surface area contributed by atoms with Crippen molar-refractivity contribution >= 4 is 21.4 Å². The number of sulfonamides is 1. The van der Waals surface area contributed by atoms with Gasteiger partial charge in [0, 0.05) is 43.1 Å². The summed E-state index contributed by atoms with van der Waals surface area (Å²) in [7, 11) is -3.17. The number of likely N-dealkylation sites (tertiary alicyclic amines) is 1. The molecule has 0 aromatic heterocycles. The number of hydrogen-bond donors (Lipinski definition) is 2. The Morgan fingerprint density at radius 2 is 1.52 bits per heavy atom. The maximum absolute atomic E-state index is 12.1. The average Bonchev–Trinajstić information content (AvgIpc) is 2.84. The first-order valence-electron chi connectivity index (χ1n) is 13.2. The minimum atomic E-state index is -3.17. The minimum Gasteiger partial charge on any atom is -0.385 e. The summed E-state index contributed by atoms with van der Waals surface area (Å²) in [5, 5.41) is 3.25. The fourth-order valence-corrected chi connectivity index (χ4v) is 6.65. The maximum atomic E-state index is 12.1. The summed E-state index contributed by atoms with van der Waals surface area (Å²) in [6.45, 7) is 9.38. The van der Waals surface area contributed by atoms with Crippen molar-refractivity contribution in [2.75, 3.05) is 42.9 Å². The number of rotatable bonds is 8. The number of nitrogens with one attached hydrogen (secondary N) is 2. The Morgan fingerprint density at radius 3 is 2.12 bits per heavy atom. The molecule has 2 aliphatic heterocycles. The van der Waals surface area contributed by atoms with Gasteiger partial charge in [-0.1, -0.05) is 6.42 Å². The van der Waals surface area contributed by atoms with Crippen LogP contribution >= 0.6 is 0 Å². The lowest BCUT2D eigenvalue weighted by Gasteiger charge is -2.41. The predicted octanol–water partition coefficient (Wildman–Crippen LogP) is 4.44. The van der Waals surface area contributed by atoms with E-state index in [0.29, 0.717) is 5.92 Å². The van der Waals surface area contributed by atoms with Crippen molar-refractivity contribution < 1.29 is 8.42 Å². The van der Waals surface area contributed by atoms with E-state index < -0.39 is 10.0 Å². The molecule has 2 saturated heterocycles. The zero-order valence-corrected chi connectivity index (χ0v) is 21.5. The van der Waals surface area contributed by atoms with Gasteiger partial charge in [0.25, 0.3) is 0 Å². The second-order valence-corrected chi connectivity index (χ2v) is 12.9. The van der Waals surface area contributed by atoms with E-state index in [1.165, 1.54) is 56.6 Å². The van der Waals surface area contributed by atoms with E-state index in [1.807, 2.05) is 0 Å². The van der Waals surface area contributed by atoms with Crippen LogP contribution in [0.15, 0.2) is 24.3 Å². The van der Waals surface area contributed by atoms with Gasteiger partial charge in [0.05, 0.1) is 5.25 Å². The first-order chi connectivity index (χ1) is 15.9. The normalized spacial score (nSPS) is 26.0. The van der Waals surface area contributed by atoms with Crippen molar-refractivity contribution in [2.45, 2.75) is 89.0 Å². The van der Waals surface area contributed by atoms with Crippen LogP contribution in [0, 0.1) is 5.92 Å². The largest absolute Gasteiger partial charge is 0.385 e. The molecule has 2 heterocycles. The summed E-state index contributed by atoms with van der Waals surface area (Å²) in [5.74, 6) is 0.610. The minimum absolute atomic E-state index is 0.104. The molecular weight excluding hydrogens is 432 g/mol. The summed E-state index contributed by atoms with van der Waals surface area (Å²) in [6, 6.07) is 9.86. The fraction of sp³-hybridized carbons (Fsp3) is 0.769. The summed E-state index contributed by atoms with van der Waals surface area (Å²) in [6.07, 6.45) is 10.8. The van der Waals surface area contributed by atoms with Crippen LogP contribution in [0.4, 0.5) is 11.4 Å². The van der Waals surface area contributed by atoms with Gasteiger partial charge in [-0.15, -0.1) is 0 Å². The van der Waals surface area contributed by atoms with E-state index in [2.05, 4.69) is 44.1 Å². The molecule has 186 valence electrons. The van der Waals surface area contributed by atoms with Crippen LogP contribution < -0.4 is 14.9 Å². The van der Waals surface area contributed by atoms with Crippen molar-refractivity contribution in [1.82, 2.24) is 9.62 Å². The van der Waals surface area contributed by atoms with Crippen LogP contribution in [0.3, 0.4) is 0 Å². The van der Waals surface area contributed by atoms with E-state index in [4.69, 9.17) is 0 Å². The molecule has 0 bridgehead atoms. The Bertz CT molecular complexity index is 820. The van der Waals surface area contributed by atoms with Gasteiger partial charge in [0.2, 0.25) is 10.0 Å². The van der Waals surface area contributed by atoms with Gasteiger partial charge in [-0.05, 0) is 108 Å². The van der Waals surface area contributed by atoms with Crippen molar-refractivity contribution in [3.05, 3.63) is 24.3 Å². The average molecular weight is 477 g/mol. The summed E-state index contributed by atoms with van der Waals surface area (Å²) < 4.78 is 27.1. The molecular formula is C26H44N4O2S. The molecule has 1 aromatic carbocycles. The number of benzene rings is 1. The second kappa shape index (κ2) is 11.4.